The van der Waals surface area contributed by atoms with Crippen LogP contribution in [0.5, 0.6) is 0 Å². The van der Waals surface area contributed by atoms with Gasteiger partial charge in [-0.1, -0.05) is 127 Å². The Balaban J connectivity index is 1.05. The van der Waals surface area contributed by atoms with Crippen LogP contribution in [-0.4, -0.2) is 10.1 Å². The van der Waals surface area contributed by atoms with E-state index in [1.807, 2.05) is 18.3 Å². The molecule has 8 rings (SSSR count). The Hall–Kier alpha value is -4.76. The number of hydrogen-bond donors (Lipinski definition) is 1. The van der Waals surface area contributed by atoms with Crippen LogP contribution < -0.4 is 10.4 Å². The average molecular weight is 658 g/mol. The second-order valence-electron chi connectivity index (χ2n) is 13.5. The molecule has 1 N–H and O–H groups in total. The highest BCUT2D eigenvalue weighted by molar-refractivity contribution is 6.30. The summed E-state index contributed by atoms with van der Waals surface area (Å²) in [6.45, 7) is 0. The molecule has 5 aromatic carbocycles. The predicted octanol–water partition coefficient (Wildman–Crippen LogP) is 9.51. The summed E-state index contributed by atoms with van der Waals surface area (Å²) in [5.41, 5.74) is 14.2. The molecule has 2 aliphatic rings. The third kappa shape index (κ3) is 6.52. The number of pyridine rings is 1. The molecular weight excluding hydrogens is 618 g/mol. The molecule has 2 unspecified atom stereocenters. The fourth-order valence-corrected chi connectivity index (χ4v) is 8.13. The summed E-state index contributed by atoms with van der Waals surface area (Å²) < 4.78 is 0. The van der Waals surface area contributed by atoms with E-state index in [2.05, 4.69) is 121 Å². The molecule has 1 aromatic heterocycles. The number of aliphatic hydroxyl groups excluding tert-OH is 1. The van der Waals surface area contributed by atoms with Crippen LogP contribution in [0.4, 0.5) is 0 Å². The van der Waals surface area contributed by atoms with Crippen molar-refractivity contribution >= 4 is 23.3 Å². The molecule has 49 heavy (non-hydrogen) atoms. The van der Waals surface area contributed by atoms with E-state index in [0.29, 0.717) is 6.42 Å². The summed E-state index contributed by atoms with van der Waals surface area (Å²) in [7, 11) is 0. The van der Waals surface area contributed by atoms with Gasteiger partial charge < -0.3 is 5.11 Å². The molecule has 1 heterocycles. The predicted molar refractivity (Wildman–Crippen MR) is 202 cm³/mol. The van der Waals surface area contributed by atoms with Gasteiger partial charge in [0.1, 0.15) is 0 Å². The standard InChI is InChI=1S/C46H40ClNO/c47-36-22-17-32(18-23-36)30-31-15-19-35(20-16-31)45(49)14-6-13-44-41(12-7-29-48-44)40-26-25-38(33-8-2-1-3-9-33)46-42-24-21-34-10-4-5-11-37(34)39(42)27-28-43(40)46/h1-5,7-12,15-20,22-24,27-29,40,45,49H,6,13-14,21,25-26,30H2. The lowest BCUT2D eigenvalue weighted by Gasteiger charge is -2.29. The first-order chi connectivity index (χ1) is 24.1. The average Bonchev–Trinajstić information content (AvgIpc) is 3.16. The Morgan fingerprint density at radius 1 is 0.735 bits per heavy atom. The zero-order valence-electron chi connectivity index (χ0n) is 27.7. The molecule has 3 heteroatoms. The van der Waals surface area contributed by atoms with Crippen LogP contribution in [0, 0.1) is 0 Å². The van der Waals surface area contributed by atoms with E-state index in [0.717, 1.165) is 54.8 Å². The number of aromatic nitrogens is 1. The van der Waals surface area contributed by atoms with Gasteiger partial charge >= 0.3 is 0 Å². The molecule has 0 amide bonds. The van der Waals surface area contributed by atoms with E-state index in [4.69, 9.17) is 16.6 Å². The van der Waals surface area contributed by atoms with Gasteiger partial charge in [-0.05, 0) is 129 Å². The zero-order chi connectivity index (χ0) is 33.2. The molecule has 0 fully saturated rings. The van der Waals surface area contributed by atoms with Crippen molar-refractivity contribution in [2.45, 2.75) is 57.0 Å². The van der Waals surface area contributed by atoms with E-state index in [9.17, 15) is 5.11 Å². The number of aliphatic hydroxyl groups is 1. The van der Waals surface area contributed by atoms with Gasteiger partial charge in [0.15, 0.2) is 0 Å². The monoisotopic (exact) mass is 657 g/mol. The first kappa shape index (κ1) is 31.5. The van der Waals surface area contributed by atoms with Crippen molar-refractivity contribution in [1.82, 2.24) is 4.98 Å². The quantitative estimate of drug-likeness (QED) is 0.168. The van der Waals surface area contributed by atoms with Crippen LogP contribution in [0.2, 0.25) is 5.02 Å². The molecule has 2 nitrogen and oxygen atoms in total. The largest absolute Gasteiger partial charge is 0.388 e. The highest BCUT2D eigenvalue weighted by Gasteiger charge is 2.27. The minimum Gasteiger partial charge on any atom is -0.388 e. The number of aryl methyl sites for hydroxylation is 1. The van der Waals surface area contributed by atoms with Crippen LogP contribution in [0.3, 0.4) is 0 Å². The second kappa shape index (κ2) is 14.0. The maximum absolute atomic E-state index is 11.1. The lowest BCUT2D eigenvalue weighted by Crippen LogP contribution is -2.38. The molecule has 0 saturated carbocycles. The summed E-state index contributed by atoms with van der Waals surface area (Å²) in [5, 5.41) is 14.7. The Bertz CT molecular complexity index is 2220. The number of hydrogen-bond acceptors (Lipinski definition) is 2. The Morgan fingerprint density at radius 2 is 1.49 bits per heavy atom. The number of benzene rings is 5. The van der Waals surface area contributed by atoms with Crippen molar-refractivity contribution < 1.29 is 5.11 Å². The van der Waals surface area contributed by atoms with Crippen molar-refractivity contribution in [3.8, 4) is 11.1 Å². The Labute approximate surface area is 294 Å². The zero-order valence-corrected chi connectivity index (χ0v) is 28.4. The van der Waals surface area contributed by atoms with Gasteiger partial charge in [0.25, 0.3) is 0 Å². The maximum atomic E-state index is 11.1. The molecule has 0 spiro atoms. The topological polar surface area (TPSA) is 33.1 Å². The fourth-order valence-electron chi connectivity index (χ4n) is 8.01. The summed E-state index contributed by atoms with van der Waals surface area (Å²) >= 11 is 6.05. The number of nitrogens with zero attached hydrogens (tertiary/aromatic N) is 1. The minimum atomic E-state index is -0.500. The fraction of sp³-hybridized carbons (Fsp3) is 0.196. The van der Waals surface area contributed by atoms with Crippen molar-refractivity contribution in [2.75, 3.05) is 0 Å². The van der Waals surface area contributed by atoms with Crippen LogP contribution in [-0.2, 0) is 19.3 Å². The van der Waals surface area contributed by atoms with Gasteiger partial charge in [-0.25, -0.2) is 0 Å². The summed E-state index contributed by atoms with van der Waals surface area (Å²) in [6, 6.07) is 45.3. The van der Waals surface area contributed by atoms with E-state index in [1.165, 1.54) is 60.5 Å². The van der Waals surface area contributed by atoms with E-state index in [-0.39, 0.29) is 5.92 Å². The van der Waals surface area contributed by atoms with Crippen molar-refractivity contribution in [2.24, 2.45) is 0 Å². The minimum absolute atomic E-state index is 0.278. The molecule has 242 valence electrons. The lowest BCUT2D eigenvalue weighted by molar-refractivity contribution is 0.164. The van der Waals surface area contributed by atoms with Gasteiger partial charge in [-0.15, -0.1) is 0 Å². The summed E-state index contributed by atoms with van der Waals surface area (Å²) in [6.07, 6.45) is 10.2. The van der Waals surface area contributed by atoms with E-state index >= 15 is 0 Å². The van der Waals surface area contributed by atoms with Crippen molar-refractivity contribution in [3.63, 3.8) is 0 Å². The van der Waals surface area contributed by atoms with Gasteiger partial charge in [0, 0.05) is 22.8 Å². The molecule has 0 radical (unpaired) electrons. The van der Waals surface area contributed by atoms with Crippen molar-refractivity contribution in [3.05, 3.63) is 194 Å². The third-order valence-corrected chi connectivity index (χ3v) is 10.7. The van der Waals surface area contributed by atoms with Crippen LogP contribution in [0.15, 0.2) is 134 Å². The lowest BCUT2D eigenvalue weighted by atomic mass is 9.75. The highest BCUT2D eigenvalue weighted by Crippen LogP contribution is 2.37. The molecule has 6 aromatic rings. The van der Waals surface area contributed by atoms with Crippen LogP contribution >= 0.6 is 11.6 Å². The smallest absolute Gasteiger partial charge is 0.0790 e. The van der Waals surface area contributed by atoms with E-state index < -0.39 is 6.10 Å². The number of rotatable bonds is 9. The SMILES string of the molecule is OC(CCCc1ncccc1C1CCC(c2ccccc2)=c2c1ccc1c2=CCc2ccccc2-1)c1ccc(Cc2ccc(Cl)cc2)cc1. The molecular formula is C46H40ClNO. The van der Waals surface area contributed by atoms with Gasteiger partial charge in [0.2, 0.25) is 0 Å². The normalized spacial score (nSPS) is 15.5. The molecule has 0 bridgehead atoms. The third-order valence-electron chi connectivity index (χ3n) is 10.5. The van der Waals surface area contributed by atoms with Gasteiger partial charge in [-0.3, -0.25) is 4.98 Å². The van der Waals surface area contributed by atoms with Crippen molar-refractivity contribution in [1.29, 1.82) is 0 Å². The number of fused-ring (bicyclic) bond motifs is 5. The first-order valence-electron chi connectivity index (χ1n) is 17.6. The number of halogens is 1. The Morgan fingerprint density at radius 3 is 2.31 bits per heavy atom. The Kier molecular flexibility index (Phi) is 9.00. The van der Waals surface area contributed by atoms with Gasteiger partial charge in [-0.2, -0.15) is 0 Å². The van der Waals surface area contributed by atoms with Crippen LogP contribution in [0.25, 0.3) is 22.8 Å². The van der Waals surface area contributed by atoms with Gasteiger partial charge in [0.05, 0.1) is 6.10 Å². The molecule has 2 aliphatic carbocycles. The maximum Gasteiger partial charge on any atom is 0.0790 e. The molecule has 0 saturated heterocycles. The summed E-state index contributed by atoms with van der Waals surface area (Å²) in [4.78, 5) is 4.94. The second-order valence-corrected chi connectivity index (χ2v) is 13.9. The molecule has 2 atom stereocenters. The summed E-state index contributed by atoms with van der Waals surface area (Å²) in [5.74, 6) is 0.278. The van der Waals surface area contributed by atoms with Crippen LogP contribution in [0.1, 0.15) is 82.3 Å². The highest BCUT2D eigenvalue weighted by atomic mass is 35.5. The first-order valence-corrected chi connectivity index (χ1v) is 18.0. The van der Waals surface area contributed by atoms with E-state index in [1.54, 1.807) is 0 Å². The molecule has 0 aliphatic heterocycles.